The quantitative estimate of drug-likeness (QED) is 0.777. The van der Waals surface area contributed by atoms with Crippen LogP contribution in [0, 0.1) is 0 Å². The van der Waals surface area contributed by atoms with Crippen LogP contribution in [0.3, 0.4) is 0 Å². The molecule has 1 fully saturated rings. The summed E-state index contributed by atoms with van der Waals surface area (Å²) in [5.74, 6) is 0. The number of rotatable bonds is 7. The number of nitrogens with zero attached hydrogens (tertiary/aromatic N) is 1. The minimum absolute atomic E-state index is 0.178. The SMILES string of the molecule is COC(CNCc1ccc(N2CCCCC2)cc1)OC. The van der Waals surface area contributed by atoms with Crippen molar-refractivity contribution < 1.29 is 9.47 Å². The Morgan fingerprint density at radius 2 is 1.70 bits per heavy atom. The van der Waals surface area contributed by atoms with E-state index in [1.54, 1.807) is 14.2 Å². The summed E-state index contributed by atoms with van der Waals surface area (Å²) in [6, 6.07) is 8.86. The zero-order valence-electron chi connectivity index (χ0n) is 12.6. The van der Waals surface area contributed by atoms with E-state index in [9.17, 15) is 0 Å². The highest BCUT2D eigenvalue weighted by Crippen LogP contribution is 2.20. The van der Waals surface area contributed by atoms with E-state index >= 15 is 0 Å². The van der Waals surface area contributed by atoms with E-state index in [4.69, 9.17) is 9.47 Å². The van der Waals surface area contributed by atoms with Crippen LogP contribution in [0.4, 0.5) is 5.69 Å². The summed E-state index contributed by atoms with van der Waals surface area (Å²) in [4.78, 5) is 2.48. The molecule has 1 heterocycles. The van der Waals surface area contributed by atoms with Gasteiger partial charge in [-0.3, -0.25) is 0 Å². The normalized spacial score (nSPS) is 15.8. The van der Waals surface area contributed by atoms with Gasteiger partial charge in [-0.25, -0.2) is 0 Å². The van der Waals surface area contributed by atoms with Crippen molar-refractivity contribution in [2.45, 2.75) is 32.1 Å². The van der Waals surface area contributed by atoms with Gasteiger partial charge in [-0.2, -0.15) is 0 Å². The molecule has 0 aliphatic carbocycles. The summed E-state index contributed by atoms with van der Waals surface area (Å²) in [6.45, 7) is 3.92. The molecular formula is C16H26N2O2. The number of piperidine rings is 1. The molecule has 0 atom stereocenters. The monoisotopic (exact) mass is 278 g/mol. The van der Waals surface area contributed by atoms with Crippen LogP contribution in [0.15, 0.2) is 24.3 Å². The molecule has 0 amide bonds. The van der Waals surface area contributed by atoms with Gasteiger partial charge in [-0.05, 0) is 37.0 Å². The van der Waals surface area contributed by atoms with E-state index in [2.05, 4.69) is 34.5 Å². The van der Waals surface area contributed by atoms with E-state index in [0.29, 0.717) is 6.54 Å². The molecule has 0 aromatic heterocycles. The molecule has 0 spiro atoms. The number of hydrogen-bond acceptors (Lipinski definition) is 4. The second-order valence-corrected chi connectivity index (χ2v) is 5.25. The summed E-state index contributed by atoms with van der Waals surface area (Å²) in [5, 5.41) is 3.34. The number of hydrogen-bond donors (Lipinski definition) is 1. The van der Waals surface area contributed by atoms with Crippen molar-refractivity contribution in [3.63, 3.8) is 0 Å². The van der Waals surface area contributed by atoms with Gasteiger partial charge in [0.05, 0.1) is 0 Å². The van der Waals surface area contributed by atoms with Crippen LogP contribution in [0.25, 0.3) is 0 Å². The van der Waals surface area contributed by atoms with Crippen LogP contribution in [0.2, 0.25) is 0 Å². The predicted octanol–water partition coefficient (Wildman–Crippen LogP) is 2.39. The second kappa shape index (κ2) is 8.25. The summed E-state index contributed by atoms with van der Waals surface area (Å²) in [6.07, 6.45) is 3.83. The standard InChI is InChI=1S/C16H26N2O2/c1-19-16(20-2)13-17-12-14-6-8-15(9-7-14)18-10-4-3-5-11-18/h6-9,16-17H,3-5,10-13H2,1-2H3. The minimum Gasteiger partial charge on any atom is -0.372 e. The molecule has 0 bridgehead atoms. The Kier molecular flexibility index (Phi) is 6.30. The molecule has 1 N–H and O–H groups in total. The van der Waals surface area contributed by atoms with Crippen LogP contribution < -0.4 is 10.2 Å². The first-order chi connectivity index (χ1) is 9.83. The van der Waals surface area contributed by atoms with Gasteiger partial charge in [0.25, 0.3) is 0 Å². The molecule has 0 unspecified atom stereocenters. The number of benzene rings is 1. The zero-order valence-corrected chi connectivity index (χ0v) is 12.6. The average molecular weight is 278 g/mol. The van der Waals surface area contributed by atoms with E-state index < -0.39 is 0 Å². The van der Waals surface area contributed by atoms with Crippen LogP contribution >= 0.6 is 0 Å². The van der Waals surface area contributed by atoms with Gasteiger partial charge < -0.3 is 19.7 Å². The van der Waals surface area contributed by atoms with Gasteiger partial charge >= 0.3 is 0 Å². The summed E-state index contributed by atoms with van der Waals surface area (Å²) in [7, 11) is 3.31. The van der Waals surface area contributed by atoms with Gasteiger partial charge in [-0.15, -0.1) is 0 Å². The fourth-order valence-electron chi connectivity index (χ4n) is 2.57. The molecule has 112 valence electrons. The fourth-order valence-corrected chi connectivity index (χ4v) is 2.57. The lowest BCUT2D eigenvalue weighted by Gasteiger charge is -2.28. The van der Waals surface area contributed by atoms with Crippen molar-refractivity contribution in [3.8, 4) is 0 Å². The summed E-state index contributed by atoms with van der Waals surface area (Å²) >= 11 is 0. The maximum Gasteiger partial charge on any atom is 0.169 e. The Morgan fingerprint density at radius 3 is 2.30 bits per heavy atom. The molecular weight excluding hydrogens is 252 g/mol. The van der Waals surface area contributed by atoms with Crippen molar-refractivity contribution in [2.24, 2.45) is 0 Å². The molecule has 1 aliphatic rings. The molecule has 0 radical (unpaired) electrons. The molecule has 0 saturated carbocycles. The lowest BCUT2D eigenvalue weighted by molar-refractivity contribution is -0.0989. The lowest BCUT2D eigenvalue weighted by atomic mass is 10.1. The Hall–Kier alpha value is -1.10. The number of nitrogens with one attached hydrogen (secondary N) is 1. The Labute approximate surface area is 122 Å². The largest absolute Gasteiger partial charge is 0.372 e. The molecule has 2 rings (SSSR count). The first-order valence-corrected chi connectivity index (χ1v) is 7.43. The first kappa shape index (κ1) is 15.3. The lowest BCUT2D eigenvalue weighted by Crippen LogP contribution is -2.30. The van der Waals surface area contributed by atoms with Crippen molar-refractivity contribution >= 4 is 5.69 Å². The number of anilines is 1. The van der Waals surface area contributed by atoms with Crippen LogP contribution in [0.1, 0.15) is 24.8 Å². The van der Waals surface area contributed by atoms with E-state index in [1.807, 2.05) is 0 Å². The zero-order chi connectivity index (χ0) is 14.2. The Balaban J connectivity index is 1.79. The van der Waals surface area contributed by atoms with Crippen molar-refractivity contribution in [1.29, 1.82) is 0 Å². The molecule has 1 saturated heterocycles. The maximum atomic E-state index is 5.14. The van der Waals surface area contributed by atoms with Gasteiger partial charge in [0.15, 0.2) is 6.29 Å². The maximum absolute atomic E-state index is 5.14. The van der Waals surface area contributed by atoms with Gasteiger partial charge in [0.2, 0.25) is 0 Å². The highest BCUT2D eigenvalue weighted by molar-refractivity contribution is 5.47. The molecule has 4 nitrogen and oxygen atoms in total. The molecule has 1 aromatic rings. The topological polar surface area (TPSA) is 33.7 Å². The van der Waals surface area contributed by atoms with Crippen LogP contribution in [-0.2, 0) is 16.0 Å². The van der Waals surface area contributed by atoms with E-state index in [-0.39, 0.29) is 6.29 Å². The predicted molar refractivity (Wildman–Crippen MR) is 82.0 cm³/mol. The summed E-state index contributed by atoms with van der Waals surface area (Å²) in [5.41, 5.74) is 2.64. The summed E-state index contributed by atoms with van der Waals surface area (Å²) < 4.78 is 10.3. The van der Waals surface area contributed by atoms with Crippen molar-refractivity contribution in [2.75, 3.05) is 38.8 Å². The Bertz CT molecular complexity index is 371. The Morgan fingerprint density at radius 1 is 1.05 bits per heavy atom. The molecule has 4 heteroatoms. The second-order valence-electron chi connectivity index (χ2n) is 5.25. The number of ether oxygens (including phenoxy) is 2. The minimum atomic E-state index is -0.178. The van der Waals surface area contributed by atoms with Crippen LogP contribution in [-0.4, -0.2) is 40.1 Å². The van der Waals surface area contributed by atoms with E-state index in [0.717, 1.165) is 6.54 Å². The van der Waals surface area contributed by atoms with Gasteiger partial charge in [0, 0.05) is 46.1 Å². The van der Waals surface area contributed by atoms with Crippen LogP contribution in [0.5, 0.6) is 0 Å². The van der Waals surface area contributed by atoms with Crippen molar-refractivity contribution in [3.05, 3.63) is 29.8 Å². The molecule has 1 aromatic carbocycles. The average Bonchev–Trinajstić information content (AvgIpc) is 2.53. The third kappa shape index (κ3) is 4.47. The van der Waals surface area contributed by atoms with Gasteiger partial charge in [-0.1, -0.05) is 12.1 Å². The van der Waals surface area contributed by atoms with Gasteiger partial charge in [0.1, 0.15) is 0 Å². The highest BCUT2D eigenvalue weighted by Gasteiger charge is 2.10. The molecule has 1 aliphatic heterocycles. The molecule has 20 heavy (non-hydrogen) atoms. The third-order valence-electron chi connectivity index (χ3n) is 3.82. The van der Waals surface area contributed by atoms with E-state index in [1.165, 1.54) is 43.6 Å². The first-order valence-electron chi connectivity index (χ1n) is 7.43. The fraction of sp³-hybridized carbons (Fsp3) is 0.625. The number of methoxy groups -OCH3 is 2. The van der Waals surface area contributed by atoms with Crippen molar-refractivity contribution in [1.82, 2.24) is 5.32 Å². The highest BCUT2D eigenvalue weighted by atomic mass is 16.7. The smallest absolute Gasteiger partial charge is 0.169 e. The third-order valence-corrected chi connectivity index (χ3v) is 3.82.